The second-order valence-electron chi connectivity index (χ2n) is 7.90. The van der Waals surface area contributed by atoms with Crippen LogP contribution in [0.5, 0.6) is 0 Å². The SMILES string of the molecule is O=C(COC(=O)c1ccc(CN2CCCC2=O)cc1)N[C@@H]1CCCc2ccccc21. The summed E-state index contributed by atoms with van der Waals surface area (Å²) in [5.74, 6) is -0.655. The summed E-state index contributed by atoms with van der Waals surface area (Å²) in [6.07, 6.45) is 4.45. The van der Waals surface area contributed by atoms with Gasteiger partial charge in [0.1, 0.15) is 0 Å². The Labute approximate surface area is 176 Å². The lowest BCUT2D eigenvalue weighted by molar-refractivity contribution is -0.128. The number of ether oxygens (including phenoxy) is 1. The van der Waals surface area contributed by atoms with Crippen molar-refractivity contribution < 1.29 is 19.1 Å². The fraction of sp³-hybridized carbons (Fsp3) is 0.375. The molecule has 0 radical (unpaired) electrons. The van der Waals surface area contributed by atoms with E-state index in [0.717, 1.165) is 43.4 Å². The van der Waals surface area contributed by atoms with E-state index in [1.807, 2.05) is 35.2 Å². The highest BCUT2D eigenvalue weighted by molar-refractivity contribution is 5.91. The van der Waals surface area contributed by atoms with Crippen LogP contribution in [0, 0.1) is 0 Å². The van der Waals surface area contributed by atoms with Crippen LogP contribution in [-0.2, 0) is 27.3 Å². The average Bonchev–Trinajstić information content (AvgIpc) is 3.17. The van der Waals surface area contributed by atoms with E-state index >= 15 is 0 Å². The zero-order valence-corrected chi connectivity index (χ0v) is 16.9. The molecule has 0 unspecified atom stereocenters. The maximum atomic E-state index is 12.3. The summed E-state index contributed by atoms with van der Waals surface area (Å²) in [6, 6.07) is 15.1. The molecule has 2 amide bonds. The van der Waals surface area contributed by atoms with E-state index in [1.165, 1.54) is 5.56 Å². The lowest BCUT2D eigenvalue weighted by Crippen LogP contribution is -2.34. The molecule has 2 aromatic carbocycles. The molecule has 6 nitrogen and oxygen atoms in total. The second kappa shape index (κ2) is 9.11. The molecule has 1 aliphatic carbocycles. The van der Waals surface area contributed by atoms with Crippen molar-refractivity contribution in [1.82, 2.24) is 10.2 Å². The number of rotatable bonds is 6. The molecule has 1 aliphatic heterocycles. The topological polar surface area (TPSA) is 75.7 Å². The van der Waals surface area contributed by atoms with E-state index < -0.39 is 5.97 Å². The highest BCUT2D eigenvalue weighted by Gasteiger charge is 2.22. The van der Waals surface area contributed by atoms with Crippen molar-refractivity contribution in [1.29, 1.82) is 0 Å². The Kier molecular flexibility index (Phi) is 6.12. The van der Waals surface area contributed by atoms with Gasteiger partial charge in [0.25, 0.3) is 5.91 Å². The summed E-state index contributed by atoms with van der Waals surface area (Å²) < 4.78 is 5.19. The highest BCUT2D eigenvalue weighted by Crippen LogP contribution is 2.29. The number of carbonyl (C=O) groups excluding carboxylic acids is 3. The van der Waals surface area contributed by atoms with Crippen LogP contribution in [0.3, 0.4) is 0 Å². The molecular formula is C24H26N2O4. The van der Waals surface area contributed by atoms with Gasteiger partial charge in [0, 0.05) is 19.5 Å². The predicted octanol–water partition coefficient (Wildman–Crippen LogP) is 3.16. The molecule has 30 heavy (non-hydrogen) atoms. The second-order valence-corrected chi connectivity index (χ2v) is 7.90. The molecule has 0 spiro atoms. The van der Waals surface area contributed by atoms with Crippen molar-refractivity contribution in [3.63, 3.8) is 0 Å². The van der Waals surface area contributed by atoms with Crippen molar-refractivity contribution in [2.75, 3.05) is 13.2 Å². The standard InChI is InChI=1S/C24H26N2O4/c27-22(25-21-8-3-6-18-5-1-2-7-20(18)21)16-30-24(29)19-12-10-17(11-13-19)15-26-14-4-9-23(26)28/h1-2,5,7,10-13,21H,3-4,6,8-9,14-16H2,(H,25,27)/t21-/m1/s1. The molecule has 2 aliphatic rings. The first-order valence-corrected chi connectivity index (χ1v) is 10.5. The largest absolute Gasteiger partial charge is 0.452 e. The van der Waals surface area contributed by atoms with Crippen molar-refractivity contribution in [2.24, 2.45) is 0 Å². The summed E-state index contributed by atoms with van der Waals surface area (Å²) in [5.41, 5.74) is 3.77. The first-order chi connectivity index (χ1) is 14.6. The van der Waals surface area contributed by atoms with Gasteiger partial charge in [-0.3, -0.25) is 9.59 Å². The van der Waals surface area contributed by atoms with Gasteiger partial charge in [-0.2, -0.15) is 0 Å². The van der Waals surface area contributed by atoms with Gasteiger partial charge < -0.3 is 15.0 Å². The molecular weight excluding hydrogens is 380 g/mol. The van der Waals surface area contributed by atoms with Crippen LogP contribution in [0.4, 0.5) is 0 Å². The molecule has 4 rings (SSSR count). The third kappa shape index (κ3) is 4.70. The minimum atomic E-state index is -0.530. The molecule has 0 bridgehead atoms. The molecule has 1 saturated heterocycles. The fourth-order valence-corrected chi connectivity index (χ4v) is 4.19. The Morgan fingerprint density at radius 3 is 2.60 bits per heavy atom. The van der Waals surface area contributed by atoms with Crippen LogP contribution in [-0.4, -0.2) is 35.8 Å². The lowest BCUT2D eigenvalue weighted by atomic mass is 9.88. The van der Waals surface area contributed by atoms with Gasteiger partial charge >= 0.3 is 5.97 Å². The predicted molar refractivity (Wildman–Crippen MR) is 112 cm³/mol. The van der Waals surface area contributed by atoms with E-state index in [0.29, 0.717) is 18.5 Å². The average molecular weight is 406 g/mol. The van der Waals surface area contributed by atoms with E-state index in [-0.39, 0.29) is 24.5 Å². The zero-order valence-electron chi connectivity index (χ0n) is 16.9. The molecule has 6 heteroatoms. The number of hydrogen-bond acceptors (Lipinski definition) is 4. The molecule has 1 atom stereocenters. The summed E-state index contributed by atoms with van der Waals surface area (Å²) in [6.45, 7) is 1.03. The molecule has 2 aromatic rings. The number of amides is 2. The minimum absolute atomic E-state index is 0.0336. The van der Waals surface area contributed by atoms with Crippen molar-refractivity contribution >= 4 is 17.8 Å². The Morgan fingerprint density at radius 1 is 1.03 bits per heavy atom. The Balaban J connectivity index is 1.27. The first-order valence-electron chi connectivity index (χ1n) is 10.5. The van der Waals surface area contributed by atoms with E-state index in [9.17, 15) is 14.4 Å². The van der Waals surface area contributed by atoms with Crippen LogP contribution in [0.15, 0.2) is 48.5 Å². The van der Waals surface area contributed by atoms with E-state index in [4.69, 9.17) is 4.74 Å². The molecule has 1 fully saturated rings. The number of nitrogens with zero attached hydrogens (tertiary/aromatic N) is 1. The third-order valence-corrected chi connectivity index (χ3v) is 5.77. The van der Waals surface area contributed by atoms with Crippen molar-refractivity contribution in [3.8, 4) is 0 Å². The summed E-state index contributed by atoms with van der Waals surface area (Å²) in [7, 11) is 0. The Bertz CT molecular complexity index is 938. The normalized spacial score (nSPS) is 18.1. The van der Waals surface area contributed by atoms with Crippen molar-refractivity contribution in [3.05, 3.63) is 70.8 Å². The number of benzene rings is 2. The highest BCUT2D eigenvalue weighted by atomic mass is 16.5. The van der Waals surface area contributed by atoms with Crippen LogP contribution >= 0.6 is 0 Å². The van der Waals surface area contributed by atoms with E-state index in [1.54, 1.807) is 12.1 Å². The number of nitrogens with one attached hydrogen (secondary N) is 1. The Hall–Kier alpha value is -3.15. The van der Waals surface area contributed by atoms with Crippen molar-refractivity contribution in [2.45, 2.75) is 44.7 Å². The third-order valence-electron chi connectivity index (χ3n) is 5.77. The number of likely N-dealkylation sites (tertiary alicyclic amines) is 1. The van der Waals surface area contributed by atoms with Gasteiger partial charge in [-0.15, -0.1) is 0 Å². The summed E-state index contributed by atoms with van der Waals surface area (Å²) in [4.78, 5) is 38.1. The fourth-order valence-electron chi connectivity index (χ4n) is 4.19. The van der Waals surface area contributed by atoms with Gasteiger partial charge in [0.05, 0.1) is 11.6 Å². The minimum Gasteiger partial charge on any atom is -0.452 e. The number of fused-ring (bicyclic) bond motifs is 1. The van der Waals surface area contributed by atoms with Gasteiger partial charge in [-0.25, -0.2) is 4.79 Å². The Morgan fingerprint density at radius 2 is 1.83 bits per heavy atom. The summed E-state index contributed by atoms with van der Waals surface area (Å²) >= 11 is 0. The molecule has 1 heterocycles. The molecule has 1 N–H and O–H groups in total. The summed E-state index contributed by atoms with van der Waals surface area (Å²) in [5, 5.41) is 2.98. The molecule has 156 valence electrons. The zero-order chi connectivity index (χ0) is 20.9. The van der Waals surface area contributed by atoms with Gasteiger partial charge in [-0.05, 0) is 54.5 Å². The van der Waals surface area contributed by atoms with Crippen LogP contribution in [0.25, 0.3) is 0 Å². The number of hydrogen-bond donors (Lipinski definition) is 1. The maximum Gasteiger partial charge on any atom is 0.338 e. The van der Waals surface area contributed by atoms with Gasteiger partial charge in [-0.1, -0.05) is 36.4 Å². The monoisotopic (exact) mass is 406 g/mol. The molecule has 0 saturated carbocycles. The maximum absolute atomic E-state index is 12.3. The lowest BCUT2D eigenvalue weighted by Gasteiger charge is -2.26. The van der Waals surface area contributed by atoms with Crippen LogP contribution < -0.4 is 5.32 Å². The number of aryl methyl sites for hydroxylation is 1. The quantitative estimate of drug-likeness (QED) is 0.748. The van der Waals surface area contributed by atoms with Gasteiger partial charge in [0.2, 0.25) is 5.91 Å². The molecule has 0 aromatic heterocycles. The van der Waals surface area contributed by atoms with Crippen LogP contribution in [0.2, 0.25) is 0 Å². The first kappa shape index (κ1) is 20.1. The smallest absolute Gasteiger partial charge is 0.338 e. The van der Waals surface area contributed by atoms with Crippen LogP contribution in [0.1, 0.15) is 58.8 Å². The number of carbonyl (C=O) groups is 3. The van der Waals surface area contributed by atoms with E-state index in [2.05, 4.69) is 11.4 Å². The van der Waals surface area contributed by atoms with Gasteiger partial charge in [0.15, 0.2) is 6.61 Å². The number of esters is 1.